The highest BCUT2D eigenvalue weighted by molar-refractivity contribution is 7.13. The van der Waals surface area contributed by atoms with Crippen molar-refractivity contribution < 1.29 is 14.3 Å². The first-order chi connectivity index (χ1) is 7.40. The van der Waals surface area contributed by atoms with Gasteiger partial charge in [0.1, 0.15) is 11.6 Å². The number of nitrogens with zero attached hydrogens (tertiary/aromatic N) is 2. The highest BCUT2D eigenvalue weighted by Gasteiger charge is 2.17. The van der Waals surface area contributed by atoms with Crippen molar-refractivity contribution in [2.75, 3.05) is 7.11 Å². The highest BCUT2D eigenvalue weighted by Crippen LogP contribution is 2.18. The fourth-order valence-corrected chi connectivity index (χ4v) is 1.53. The molecule has 0 unspecified atom stereocenters. The second-order valence-corrected chi connectivity index (χ2v) is 5.18. The fraction of sp³-hybridized carbons (Fsp3) is 0.667. The van der Waals surface area contributed by atoms with Crippen molar-refractivity contribution in [3.05, 3.63) is 5.01 Å². The first-order valence-electron chi connectivity index (χ1n) is 4.72. The summed E-state index contributed by atoms with van der Waals surface area (Å²) in [6.45, 7) is 5.96. The van der Waals surface area contributed by atoms with Crippen molar-refractivity contribution in [2.45, 2.75) is 32.9 Å². The molecule has 0 atom stereocenters. The number of ether oxygens (including phenoxy) is 2. The first-order valence-corrected chi connectivity index (χ1v) is 5.53. The van der Waals surface area contributed by atoms with Crippen LogP contribution >= 0.6 is 11.3 Å². The summed E-state index contributed by atoms with van der Waals surface area (Å²) in [6, 6.07) is 0. The molecule has 0 aromatic carbocycles. The lowest BCUT2D eigenvalue weighted by molar-refractivity contribution is 0.184. The zero-order chi connectivity index (χ0) is 12.2. The Labute approximate surface area is 98.0 Å². The average Bonchev–Trinajstić information content (AvgIpc) is 2.49. The van der Waals surface area contributed by atoms with E-state index < -0.39 is 6.09 Å². The average molecular weight is 245 g/mol. The molecule has 0 spiro atoms. The summed E-state index contributed by atoms with van der Waals surface area (Å²) < 4.78 is 9.84. The van der Waals surface area contributed by atoms with Gasteiger partial charge in [0.15, 0.2) is 0 Å². The molecule has 7 heteroatoms. The van der Waals surface area contributed by atoms with Crippen LogP contribution in [0.1, 0.15) is 25.8 Å². The van der Waals surface area contributed by atoms with Gasteiger partial charge in [-0.15, -0.1) is 5.10 Å². The zero-order valence-electron chi connectivity index (χ0n) is 9.73. The number of rotatable bonds is 3. The Morgan fingerprint density at radius 3 is 2.69 bits per heavy atom. The molecule has 0 aliphatic heterocycles. The van der Waals surface area contributed by atoms with Crippen molar-refractivity contribution >= 4 is 17.4 Å². The lowest BCUT2D eigenvalue weighted by Crippen LogP contribution is -2.42. The molecule has 1 rings (SSSR count). The molecular weight excluding hydrogens is 230 g/mol. The smallest absolute Gasteiger partial charge is 0.380 e. The third kappa shape index (κ3) is 4.54. The van der Waals surface area contributed by atoms with Gasteiger partial charge in [-0.25, -0.2) is 4.79 Å². The summed E-state index contributed by atoms with van der Waals surface area (Å²) in [6.07, 6.45) is -0.535. The fourth-order valence-electron chi connectivity index (χ4n) is 0.872. The molecule has 1 aromatic rings. The van der Waals surface area contributed by atoms with E-state index in [1.54, 1.807) is 7.11 Å². The van der Waals surface area contributed by atoms with Gasteiger partial charge in [-0.2, -0.15) is 0 Å². The van der Waals surface area contributed by atoms with Crippen LogP contribution in [0.25, 0.3) is 0 Å². The molecule has 1 N–H and O–H groups in total. The second-order valence-electron chi connectivity index (χ2n) is 4.16. The van der Waals surface area contributed by atoms with Gasteiger partial charge in [-0.1, -0.05) is 16.4 Å². The van der Waals surface area contributed by atoms with Crippen molar-refractivity contribution in [1.82, 2.24) is 15.5 Å². The molecule has 0 saturated carbocycles. The van der Waals surface area contributed by atoms with E-state index in [2.05, 4.69) is 15.5 Å². The number of carbonyl (C=O) groups is 1. The Morgan fingerprint density at radius 2 is 2.12 bits per heavy atom. The largest absolute Gasteiger partial charge is 0.415 e. The van der Waals surface area contributed by atoms with Crippen LogP contribution in [0.3, 0.4) is 0 Å². The Bertz CT molecular complexity index is 359. The van der Waals surface area contributed by atoms with Crippen LogP contribution in [-0.4, -0.2) is 28.9 Å². The third-order valence-corrected chi connectivity index (χ3v) is 2.15. The van der Waals surface area contributed by atoms with Gasteiger partial charge >= 0.3 is 11.3 Å². The molecule has 1 aromatic heterocycles. The zero-order valence-corrected chi connectivity index (χ0v) is 10.6. The number of hydrogen-bond donors (Lipinski definition) is 1. The van der Waals surface area contributed by atoms with Crippen LogP contribution in [0.5, 0.6) is 5.19 Å². The van der Waals surface area contributed by atoms with Crippen molar-refractivity contribution in [1.29, 1.82) is 0 Å². The molecule has 0 bridgehead atoms. The summed E-state index contributed by atoms with van der Waals surface area (Å²) in [5.74, 6) is 0. The van der Waals surface area contributed by atoms with E-state index in [9.17, 15) is 4.79 Å². The summed E-state index contributed by atoms with van der Waals surface area (Å²) in [5.41, 5.74) is -0.336. The molecule has 0 fully saturated rings. The standard InChI is InChI=1S/C9H15N3O3S/c1-9(2,3)10-7(13)15-8-12-11-6(16-8)5-14-4/h5H2,1-4H3,(H,10,13). The number of amides is 1. The van der Waals surface area contributed by atoms with Crippen LogP contribution in [0.15, 0.2) is 0 Å². The van der Waals surface area contributed by atoms with Crippen LogP contribution in [0, 0.1) is 0 Å². The van der Waals surface area contributed by atoms with Crippen LogP contribution in [0.4, 0.5) is 4.79 Å². The van der Waals surface area contributed by atoms with Gasteiger partial charge in [0, 0.05) is 12.6 Å². The number of aromatic nitrogens is 2. The SMILES string of the molecule is COCc1nnc(OC(=O)NC(C)(C)C)s1. The van der Waals surface area contributed by atoms with E-state index in [4.69, 9.17) is 9.47 Å². The third-order valence-electron chi connectivity index (χ3n) is 1.37. The van der Waals surface area contributed by atoms with E-state index in [0.717, 1.165) is 0 Å². The highest BCUT2D eigenvalue weighted by atomic mass is 32.1. The summed E-state index contributed by atoms with van der Waals surface area (Å²) in [4.78, 5) is 11.4. The van der Waals surface area contributed by atoms with Gasteiger partial charge in [0.2, 0.25) is 0 Å². The number of hydrogen-bond acceptors (Lipinski definition) is 6. The van der Waals surface area contributed by atoms with E-state index >= 15 is 0 Å². The van der Waals surface area contributed by atoms with Crippen LogP contribution in [-0.2, 0) is 11.3 Å². The van der Waals surface area contributed by atoms with Gasteiger partial charge in [-0.3, -0.25) is 0 Å². The van der Waals surface area contributed by atoms with Gasteiger partial charge in [0.25, 0.3) is 0 Å². The van der Waals surface area contributed by atoms with E-state index in [-0.39, 0.29) is 10.7 Å². The number of methoxy groups -OCH3 is 1. The minimum Gasteiger partial charge on any atom is -0.380 e. The van der Waals surface area contributed by atoms with Crippen molar-refractivity contribution in [3.63, 3.8) is 0 Å². The topological polar surface area (TPSA) is 73.3 Å². The molecule has 0 aliphatic carbocycles. The van der Waals surface area contributed by atoms with Gasteiger partial charge < -0.3 is 14.8 Å². The Balaban J connectivity index is 2.50. The maximum absolute atomic E-state index is 11.4. The monoisotopic (exact) mass is 245 g/mol. The normalized spacial score (nSPS) is 11.2. The molecule has 6 nitrogen and oxygen atoms in total. The Hall–Kier alpha value is -1.21. The molecule has 0 aliphatic rings. The molecule has 90 valence electrons. The predicted octanol–water partition coefficient (Wildman–Crippen LogP) is 1.57. The van der Waals surface area contributed by atoms with E-state index in [0.29, 0.717) is 11.6 Å². The van der Waals surface area contributed by atoms with E-state index in [1.807, 2.05) is 20.8 Å². The predicted molar refractivity (Wildman–Crippen MR) is 59.5 cm³/mol. The van der Waals surface area contributed by atoms with Crippen molar-refractivity contribution in [3.8, 4) is 5.19 Å². The molecular formula is C9H15N3O3S. The summed E-state index contributed by atoms with van der Waals surface area (Å²) >= 11 is 1.18. The summed E-state index contributed by atoms with van der Waals surface area (Å²) in [7, 11) is 1.56. The van der Waals surface area contributed by atoms with Gasteiger partial charge in [0.05, 0.1) is 0 Å². The van der Waals surface area contributed by atoms with Crippen LogP contribution < -0.4 is 10.1 Å². The quantitative estimate of drug-likeness (QED) is 0.875. The molecule has 1 heterocycles. The lowest BCUT2D eigenvalue weighted by Gasteiger charge is -2.18. The second kappa shape index (κ2) is 5.22. The molecule has 0 saturated heterocycles. The molecule has 16 heavy (non-hydrogen) atoms. The lowest BCUT2D eigenvalue weighted by atomic mass is 10.1. The van der Waals surface area contributed by atoms with E-state index in [1.165, 1.54) is 11.3 Å². The first kappa shape index (κ1) is 12.9. The maximum atomic E-state index is 11.4. The van der Waals surface area contributed by atoms with Crippen LogP contribution in [0.2, 0.25) is 0 Å². The Kier molecular flexibility index (Phi) is 4.19. The molecule has 0 radical (unpaired) electrons. The maximum Gasteiger partial charge on any atom is 0.415 e. The summed E-state index contributed by atoms with van der Waals surface area (Å²) in [5, 5.41) is 11.0. The Morgan fingerprint density at radius 1 is 1.44 bits per heavy atom. The van der Waals surface area contributed by atoms with Crippen molar-refractivity contribution in [2.24, 2.45) is 0 Å². The number of nitrogens with one attached hydrogen (secondary N) is 1. The minimum absolute atomic E-state index is 0.216. The molecule has 1 amide bonds. The van der Waals surface area contributed by atoms with Gasteiger partial charge in [-0.05, 0) is 20.8 Å². The number of carbonyl (C=O) groups excluding carboxylic acids is 1. The minimum atomic E-state index is -0.535.